The van der Waals surface area contributed by atoms with Gasteiger partial charge in [-0.05, 0) is 13.0 Å². The molecule has 0 amide bonds. The summed E-state index contributed by atoms with van der Waals surface area (Å²) in [4.78, 5) is 13.6. The van der Waals surface area contributed by atoms with Crippen molar-refractivity contribution >= 4 is 11.3 Å². The Bertz CT molecular complexity index is 458. The van der Waals surface area contributed by atoms with Gasteiger partial charge < -0.3 is 10.3 Å². The van der Waals surface area contributed by atoms with Crippen LogP contribution in [0.4, 0.5) is 0 Å². The normalized spacial score (nSPS) is 12.9. The molecule has 0 radical (unpaired) electrons. The number of aromatic nitrogens is 3. The molecule has 1 unspecified atom stereocenters. The SMILES string of the molecule is CC(NCc1csc(=O)[nH]1)c1ccn[nH]1. The summed E-state index contributed by atoms with van der Waals surface area (Å²) in [6.45, 7) is 2.69. The number of nitrogens with one attached hydrogen (secondary N) is 3. The standard InChI is InChI=1S/C9H12N4OS/c1-6(8-2-3-11-13-8)10-4-7-5-15-9(14)12-7/h2-3,5-6,10H,4H2,1H3,(H,11,13)(H,12,14). The van der Waals surface area contributed by atoms with Gasteiger partial charge in [-0.1, -0.05) is 11.3 Å². The van der Waals surface area contributed by atoms with Crippen molar-refractivity contribution in [3.05, 3.63) is 38.7 Å². The molecule has 0 bridgehead atoms. The third-order valence-electron chi connectivity index (χ3n) is 2.16. The zero-order valence-corrected chi connectivity index (χ0v) is 9.10. The van der Waals surface area contributed by atoms with Crippen LogP contribution >= 0.6 is 11.3 Å². The highest BCUT2D eigenvalue weighted by Crippen LogP contribution is 2.08. The summed E-state index contributed by atoms with van der Waals surface area (Å²) in [6, 6.07) is 2.12. The van der Waals surface area contributed by atoms with Crippen LogP contribution in [0.5, 0.6) is 0 Å². The third-order valence-corrected chi connectivity index (χ3v) is 2.88. The Morgan fingerprint density at radius 2 is 2.53 bits per heavy atom. The van der Waals surface area contributed by atoms with Gasteiger partial charge in [-0.3, -0.25) is 9.89 Å². The topological polar surface area (TPSA) is 73.6 Å². The molecule has 2 rings (SSSR count). The predicted octanol–water partition coefficient (Wildman–Crippen LogP) is 1.01. The Hall–Kier alpha value is -1.40. The minimum atomic E-state index is -0.0130. The number of rotatable bonds is 4. The van der Waals surface area contributed by atoms with Gasteiger partial charge in [0.05, 0.1) is 5.69 Å². The molecular formula is C9H12N4OS. The molecule has 5 nitrogen and oxygen atoms in total. The zero-order valence-electron chi connectivity index (χ0n) is 8.28. The van der Waals surface area contributed by atoms with Crippen molar-refractivity contribution in [2.75, 3.05) is 0 Å². The van der Waals surface area contributed by atoms with Gasteiger partial charge in [0, 0.05) is 29.9 Å². The lowest BCUT2D eigenvalue weighted by Crippen LogP contribution is -2.19. The molecule has 15 heavy (non-hydrogen) atoms. The second kappa shape index (κ2) is 4.41. The first kappa shape index (κ1) is 10.1. The smallest absolute Gasteiger partial charge is 0.304 e. The first-order chi connectivity index (χ1) is 7.25. The van der Waals surface area contributed by atoms with E-state index < -0.39 is 0 Å². The van der Waals surface area contributed by atoms with Crippen LogP contribution in [0.15, 0.2) is 22.4 Å². The second-order valence-corrected chi connectivity index (χ2v) is 4.13. The van der Waals surface area contributed by atoms with E-state index >= 15 is 0 Å². The monoisotopic (exact) mass is 224 g/mol. The van der Waals surface area contributed by atoms with Gasteiger partial charge >= 0.3 is 4.87 Å². The fourth-order valence-corrected chi connectivity index (χ4v) is 1.86. The third kappa shape index (κ3) is 2.54. The van der Waals surface area contributed by atoms with E-state index in [1.165, 1.54) is 11.3 Å². The molecule has 0 saturated carbocycles. The number of hydrogen-bond donors (Lipinski definition) is 3. The van der Waals surface area contributed by atoms with E-state index in [2.05, 4.69) is 20.5 Å². The van der Waals surface area contributed by atoms with Crippen LogP contribution in [0.2, 0.25) is 0 Å². The van der Waals surface area contributed by atoms with E-state index in [4.69, 9.17) is 0 Å². The van der Waals surface area contributed by atoms with Crippen LogP contribution in [0.25, 0.3) is 0 Å². The van der Waals surface area contributed by atoms with E-state index in [0.717, 1.165) is 11.4 Å². The van der Waals surface area contributed by atoms with Crippen molar-refractivity contribution in [3.8, 4) is 0 Å². The number of thiazole rings is 1. The van der Waals surface area contributed by atoms with Crippen LogP contribution in [0.1, 0.15) is 24.4 Å². The summed E-state index contributed by atoms with van der Waals surface area (Å²) in [5, 5.41) is 11.9. The first-order valence-electron chi connectivity index (χ1n) is 4.65. The van der Waals surface area contributed by atoms with Crippen molar-refractivity contribution in [1.82, 2.24) is 20.5 Å². The van der Waals surface area contributed by atoms with Gasteiger partial charge in [-0.2, -0.15) is 5.10 Å². The zero-order chi connectivity index (χ0) is 10.7. The Kier molecular flexibility index (Phi) is 2.98. The first-order valence-corrected chi connectivity index (χ1v) is 5.53. The van der Waals surface area contributed by atoms with Crippen LogP contribution in [0, 0.1) is 0 Å². The molecule has 0 saturated heterocycles. The average Bonchev–Trinajstić information content (AvgIpc) is 2.84. The number of hydrogen-bond acceptors (Lipinski definition) is 4. The Morgan fingerprint density at radius 1 is 1.67 bits per heavy atom. The summed E-state index contributed by atoms with van der Waals surface area (Å²) in [5.41, 5.74) is 1.95. The maximum Gasteiger partial charge on any atom is 0.304 e. The van der Waals surface area contributed by atoms with Gasteiger partial charge in [0.1, 0.15) is 0 Å². The Morgan fingerprint density at radius 3 is 3.13 bits per heavy atom. The predicted molar refractivity (Wildman–Crippen MR) is 58.8 cm³/mol. The highest BCUT2D eigenvalue weighted by Gasteiger charge is 2.06. The molecular weight excluding hydrogens is 212 g/mol. The lowest BCUT2D eigenvalue weighted by Gasteiger charge is -2.10. The second-order valence-electron chi connectivity index (χ2n) is 3.29. The number of aromatic amines is 2. The minimum absolute atomic E-state index is 0.0130. The Balaban J connectivity index is 1.91. The van der Waals surface area contributed by atoms with Crippen molar-refractivity contribution in [2.24, 2.45) is 0 Å². The maximum atomic E-state index is 10.9. The number of H-pyrrole nitrogens is 2. The highest BCUT2D eigenvalue weighted by molar-refractivity contribution is 7.07. The van der Waals surface area contributed by atoms with E-state index in [-0.39, 0.29) is 10.9 Å². The summed E-state index contributed by atoms with van der Waals surface area (Å²) >= 11 is 1.18. The quantitative estimate of drug-likeness (QED) is 0.725. The van der Waals surface area contributed by atoms with Crippen LogP contribution in [0.3, 0.4) is 0 Å². The summed E-state index contributed by atoms with van der Waals surface area (Å²) in [6.07, 6.45) is 1.72. The Labute approximate surface area is 90.6 Å². The van der Waals surface area contributed by atoms with Gasteiger partial charge in [0.25, 0.3) is 0 Å². The highest BCUT2D eigenvalue weighted by atomic mass is 32.1. The molecule has 0 aromatic carbocycles. The summed E-state index contributed by atoms with van der Waals surface area (Å²) in [7, 11) is 0. The van der Waals surface area contributed by atoms with Crippen molar-refractivity contribution in [1.29, 1.82) is 0 Å². The van der Waals surface area contributed by atoms with E-state index in [1.807, 2.05) is 18.4 Å². The average molecular weight is 224 g/mol. The van der Waals surface area contributed by atoms with Crippen molar-refractivity contribution in [3.63, 3.8) is 0 Å². The van der Waals surface area contributed by atoms with Gasteiger partial charge in [-0.15, -0.1) is 0 Å². The van der Waals surface area contributed by atoms with Crippen LogP contribution < -0.4 is 10.2 Å². The largest absolute Gasteiger partial charge is 0.315 e. The molecule has 0 fully saturated rings. The lowest BCUT2D eigenvalue weighted by molar-refractivity contribution is 0.555. The summed E-state index contributed by atoms with van der Waals surface area (Å²) in [5.74, 6) is 0. The molecule has 2 aromatic heterocycles. The molecule has 1 atom stereocenters. The molecule has 2 heterocycles. The van der Waals surface area contributed by atoms with Crippen LogP contribution in [-0.2, 0) is 6.54 Å². The molecule has 0 aliphatic carbocycles. The van der Waals surface area contributed by atoms with Crippen molar-refractivity contribution in [2.45, 2.75) is 19.5 Å². The molecule has 0 aliphatic rings. The van der Waals surface area contributed by atoms with Gasteiger partial charge in [0.15, 0.2) is 0 Å². The fourth-order valence-electron chi connectivity index (χ4n) is 1.28. The molecule has 0 aliphatic heterocycles. The van der Waals surface area contributed by atoms with Crippen molar-refractivity contribution < 1.29 is 0 Å². The summed E-state index contributed by atoms with van der Waals surface area (Å²) < 4.78 is 0. The molecule has 6 heteroatoms. The van der Waals surface area contributed by atoms with E-state index in [9.17, 15) is 4.79 Å². The van der Waals surface area contributed by atoms with Crippen LogP contribution in [-0.4, -0.2) is 15.2 Å². The molecule has 2 aromatic rings. The number of nitrogens with zero attached hydrogens (tertiary/aromatic N) is 1. The fraction of sp³-hybridized carbons (Fsp3) is 0.333. The molecule has 3 N–H and O–H groups in total. The molecule has 80 valence electrons. The van der Waals surface area contributed by atoms with Gasteiger partial charge in [0.2, 0.25) is 0 Å². The molecule has 0 spiro atoms. The van der Waals surface area contributed by atoms with E-state index in [1.54, 1.807) is 6.20 Å². The van der Waals surface area contributed by atoms with Gasteiger partial charge in [-0.25, -0.2) is 0 Å². The van der Waals surface area contributed by atoms with E-state index in [0.29, 0.717) is 6.54 Å². The minimum Gasteiger partial charge on any atom is -0.315 e. The maximum absolute atomic E-state index is 10.9. The lowest BCUT2D eigenvalue weighted by atomic mass is 10.2.